The Morgan fingerprint density at radius 3 is 2.35 bits per heavy atom. The molecule has 0 spiro atoms. The molecular formula is C14H13NO5. The van der Waals surface area contributed by atoms with Gasteiger partial charge in [-0.15, -0.1) is 0 Å². The molecule has 2 rings (SSSR count). The van der Waals surface area contributed by atoms with Crippen LogP contribution < -0.4 is 5.32 Å². The van der Waals surface area contributed by atoms with Crippen molar-refractivity contribution in [3.8, 4) is 17.2 Å². The molecule has 2 aromatic rings. The molecule has 0 amide bonds. The Labute approximate surface area is 114 Å². The highest BCUT2D eigenvalue weighted by molar-refractivity contribution is 5.91. The van der Waals surface area contributed by atoms with Gasteiger partial charge in [-0.05, 0) is 24.3 Å². The van der Waals surface area contributed by atoms with E-state index in [2.05, 4.69) is 5.32 Å². The van der Waals surface area contributed by atoms with E-state index < -0.39 is 5.97 Å². The first-order valence-electron chi connectivity index (χ1n) is 5.78. The second kappa shape index (κ2) is 5.40. The van der Waals surface area contributed by atoms with Crippen LogP contribution in [0.15, 0.2) is 36.4 Å². The molecule has 0 heterocycles. The molecule has 2 aromatic carbocycles. The molecule has 0 radical (unpaired) electrons. The van der Waals surface area contributed by atoms with E-state index in [1.807, 2.05) is 0 Å². The Morgan fingerprint density at radius 1 is 1.00 bits per heavy atom. The van der Waals surface area contributed by atoms with Crippen LogP contribution in [0.5, 0.6) is 17.2 Å². The summed E-state index contributed by atoms with van der Waals surface area (Å²) < 4.78 is 0. The molecule has 0 aliphatic heterocycles. The summed E-state index contributed by atoms with van der Waals surface area (Å²) in [6.07, 6.45) is 0. The van der Waals surface area contributed by atoms with Crippen molar-refractivity contribution in [2.24, 2.45) is 0 Å². The van der Waals surface area contributed by atoms with Gasteiger partial charge in [0.05, 0.1) is 0 Å². The van der Waals surface area contributed by atoms with Crippen molar-refractivity contribution in [2.75, 3.05) is 5.32 Å². The van der Waals surface area contributed by atoms with Crippen LogP contribution in [-0.2, 0) is 6.54 Å². The molecule has 0 saturated heterocycles. The minimum atomic E-state index is -1.20. The number of benzene rings is 2. The van der Waals surface area contributed by atoms with E-state index in [9.17, 15) is 20.1 Å². The smallest absolute Gasteiger partial charge is 0.339 e. The average molecular weight is 275 g/mol. The second-order valence-electron chi connectivity index (χ2n) is 4.20. The lowest BCUT2D eigenvalue weighted by molar-refractivity contribution is 0.0694. The zero-order chi connectivity index (χ0) is 14.7. The van der Waals surface area contributed by atoms with Gasteiger partial charge in [-0.3, -0.25) is 0 Å². The van der Waals surface area contributed by atoms with Crippen molar-refractivity contribution in [1.82, 2.24) is 0 Å². The highest BCUT2D eigenvalue weighted by Gasteiger charge is 2.09. The molecule has 5 N–H and O–H groups in total. The average Bonchev–Trinajstić information content (AvgIpc) is 2.37. The molecule has 0 fully saturated rings. The van der Waals surface area contributed by atoms with Gasteiger partial charge in [-0.1, -0.05) is 0 Å². The van der Waals surface area contributed by atoms with Crippen LogP contribution in [0.25, 0.3) is 0 Å². The molecule has 20 heavy (non-hydrogen) atoms. The lowest BCUT2D eigenvalue weighted by atomic mass is 10.1. The maximum Gasteiger partial charge on any atom is 0.339 e. The van der Waals surface area contributed by atoms with E-state index in [0.717, 1.165) is 0 Å². The first-order chi connectivity index (χ1) is 9.47. The summed E-state index contributed by atoms with van der Waals surface area (Å²) in [6, 6.07) is 8.32. The van der Waals surface area contributed by atoms with Crippen molar-refractivity contribution in [1.29, 1.82) is 0 Å². The van der Waals surface area contributed by atoms with E-state index in [4.69, 9.17) is 5.11 Å². The molecule has 0 aliphatic rings. The van der Waals surface area contributed by atoms with Crippen LogP contribution >= 0.6 is 0 Å². The summed E-state index contributed by atoms with van der Waals surface area (Å²) in [6.45, 7) is 0.262. The predicted molar refractivity (Wildman–Crippen MR) is 72.2 cm³/mol. The van der Waals surface area contributed by atoms with Crippen molar-refractivity contribution >= 4 is 11.7 Å². The Balaban J connectivity index is 2.11. The van der Waals surface area contributed by atoms with Gasteiger partial charge in [0.15, 0.2) is 0 Å². The molecule has 0 aromatic heterocycles. The van der Waals surface area contributed by atoms with Crippen LogP contribution in [0.4, 0.5) is 5.69 Å². The van der Waals surface area contributed by atoms with Gasteiger partial charge < -0.3 is 25.7 Å². The molecule has 0 bridgehead atoms. The van der Waals surface area contributed by atoms with Gasteiger partial charge in [0.1, 0.15) is 22.8 Å². The highest BCUT2D eigenvalue weighted by atomic mass is 16.4. The molecule has 0 aliphatic carbocycles. The standard InChI is InChI=1S/C14H13NO5/c16-10-3-1-8(12(17)6-10)7-15-9-2-4-11(14(19)20)13(18)5-9/h1-6,15-18H,7H2,(H,19,20). The molecule has 0 saturated carbocycles. The summed E-state index contributed by atoms with van der Waals surface area (Å²) in [5.41, 5.74) is 0.896. The fourth-order valence-corrected chi connectivity index (χ4v) is 1.72. The zero-order valence-electron chi connectivity index (χ0n) is 10.4. The molecule has 6 heteroatoms. The predicted octanol–water partition coefficient (Wildman–Crippen LogP) is 2.11. The van der Waals surface area contributed by atoms with E-state index in [1.165, 1.54) is 30.3 Å². The molecular weight excluding hydrogens is 262 g/mol. The molecule has 6 nitrogen and oxygen atoms in total. The van der Waals surface area contributed by atoms with Gasteiger partial charge in [-0.25, -0.2) is 4.79 Å². The number of hydrogen-bond donors (Lipinski definition) is 5. The Kier molecular flexibility index (Phi) is 3.65. The number of phenols is 3. The largest absolute Gasteiger partial charge is 0.508 e. The fraction of sp³-hybridized carbons (Fsp3) is 0.0714. The van der Waals surface area contributed by atoms with Crippen LogP contribution in [-0.4, -0.2) is 26.4 Å². The number of aromatic hydroxyl groups is 3. The first-order valence-corrected chi connectivity index (χ1v) is 5.78. The summed E-state index contributed by atoms with van der Waals surface area (Å²) in [4.78, 5) is 10.8. The van der Waals surface area contributed by atoms with Crippen molar-refractivity contribution in [3.63, 3.8) is 0 Å². The Bertz CT molecular complexity index is 654. The summed E-state index contributed by atoms with van der Waals surface area (Å²) in [7, 11) is 0. The number of phenolic OH excluding ortho intramolecular Hbond substituents is 2. The van der Waals surface area contributed by atoms with E-state index in [0.29, 0.717) is 11.3 Å². The van der Waals surface area contributed by atoms with Gasteiger partial charge in [0.2, 0.25) is 0 Å². The minimum Gasteiger partial charge on any atom is -0.508 e. The van der Waals surface area contributed by atoms with Gasteiger partial charge in [-0.2, -0.15) is 0 Å². The number of anilines is 1. The second-order valence-corrected chi connectivity index (χ2v) is 4.20. The normalized spacial score (nSPS) is 10.2. The lowest BCUT2D eigenvalue weighted by Gasteiger charge is -2.09. The minimum absolute atomic E-state index is 0.0327. The summed E-state index contributed by atoms with van der Waals surface area (Å²) >= 11 is 0. The van der Waals surface area contributed by atoms with Crippen LogP contribution in [0.2, 0.25) is 0 Å². The van der Waals surface area contributed by atoms with Gasteiger partial charge in [0, 0.05) is 29.9 Å². The lowest BCUT2D eigenvalue weighted by Crippen LogP contribution is -2.01. The Morgan fingerprint density at radius 2 is 1.75 bits per heavy atom. The fourth-order valence-electron chi connectivity index (χ4n) is 1.72. The molecule has 104 valence electrons. The van der Waals surface area contributed by atoms with Crippen LogP contribution in [0.3, 0.4) is 0 Å². The van der Waals surface area contributed by atoms with E-state index in [-0.39, 0.29) is 29.4 Å². The number of carboxylic acid groups (broad SMARTS) is 1. The number of carboxylic acids is 1. The number of aromatic carboxylic acids is 1. The summed E-state index contributed by atoms with van der Waals surface area (Å²) in [5, 5.41) is 40.1. The van der Waals surface area contributed by atoms with Crippen LogP contribution in [0.1, 0.15) is 15.9 Å². The SMILES string of the molecule is O=C(O)c1ccc(NCc2ccc(O)cc2O)cc1O. The zero-order valence-corrected chi connectivity index (χ0v) is 10.4. The van der Waals surface area contributed by atoms with E-state index in [1.54, 1.807) is 6.07 Å². The van der Waals surface area contributed by atoms with Crippen molar-refractivity contribution < 1.29 is 25.2 Å². The van der Waals surface area contributed by atoms with Crippen molar-refractivity contribution in [3.05, 3.63) is 47.5 Å². The van der Waals surface area contributed by atoms with Crippen molar-refractivity contribution in [2.45, 2.75) is 6.54 Å². The number of carbonyl (C=O) groups is 1. The first kappa shape index (κ1) is 13.5. The topological polar surface area (TPSA) is 110 Å². The number of hydrogen-bond acceptors (Lipinski definition) is 5. The third-order valence-electron chi connectivity index (χ3n) is 2.78. The maximum atomic E-state index is 10.8. The monoisotopic (exact) mass is 275 g/mol. The quantitative estimate of drug-likeness (QED) is 0.584. The molecule has 0 unspecified atom stereocenters. The van der Waals surface area contributed by atoms with Crippen LogP contribution in [0, 0.1) is 0 Å². The number of nitrogens with one attached hydrogen (secondary N) is 1. The van der Waals surface area contributed by atoms with E-state index >= 15 is 0 Å². The molecule has 0 atom stereocenters. The number of rotatable bonds is 4. The Hall–Kier alpha value is -2.89. The third kappa shape index (κ3) is 2.92. The van der Waals surface area contributed by atoms with Gasteiger partial charge >= 0.3 is 5.97 Å². The summed E-state index contributed by atoms with van der Waals surface area (Å²) in [5.74, 6) is -1.62. The van der Waals surface area contributed by atoms with Gasteiger partial charge in [0.25, 0.3) is 0 Å². The third-order valence-corrected chi connectivity index (χ3v) is 2.78. The maximum absolute atomic E-state index is 10.8. The highest BCUT2D eigenvalue weighted by Crippen LogP contribution is 2.25.